The summed E-state index contributed by atoms with van der Waals surface area (Å²) in [5, 5.41) is 8.69. The van der Waals surface area contributed by atoms with Crippen molar-refractivity contribution in [2.75, 3.05) is 0 Å². The molecular formula is C12H10O4S. The summed E-state index contributed by atoms with van der Waals surface area (Å²) in [7, 11) is 0. The van der Waals surface area contributed by atoms with Gasteiger partial charge in [0.1, 0.15) is 0 Å². The molecule has 5 heteroatoms. The van der Waals surface area contributed by atoms with E-state index in [1.807, 2.05) is 13.0 Å². The smallest absolute Gasteiger partial charge is 0.371 e. The molecule has 17 heavy (non-hydrogen) atoms. The number of aryl methyl sites for hydroxylation is 1. The number of carboxylic acids is 1. The van der Waals surface area contributed by atoms with Crippen LogP contribution in [0.15, 0.2) is 28.7 Å². The van der Waals surface area contributed by atoms with Crippen molar-refractivity contribution in [2.45, 2.75) is 13.3 Å². The van der Waals surface area contributed by atoms with E-state index in [2.05, 4.69) is 0 Å². The summed E-state index contributed by atoms with van der Waals surface area (Å²) >= 11 is 1.40. The van der Waals surface area contributed by atoms with Gasteiger partial charge in [0, 0.05) is 4.88 Å². The minimum atomic E-state index is -1.18. The van der Waals surface area contributed by atoms with E-state index in [9.17, 15) is 9.59 Å². The van der Waals surface area contributed by atoms with Gasteiger partial charge in [-0.1, -0.05) is 6.92 Å². The van der Waals surface area contributed by atoms with E-state index in [4.69, 9.17) is 9.52 Å². The number of carbonyl (C=O) groups is 2. The Kier molecular flexibility index (Phi) is 3.10. The quantitative estimate of drug-likeness (QED) is 0.847. The van der Waals surface area contributed by atoms with Crippen molar-refractivity contribution in [3.05, 3.63) is 45.5 Å². The van der Waals surface area contributed by atoms with Gasteiger partial charge in [-0.05, 0) is 30.7 Å². The molecule has 0 aliphatic rings. The molecule has 0 aliphatic carbocycles. The normalized spacial score (nSPS) is 10.4. The van der Waals surface area contributed by atoms with E-state index in [0.29, 0.717) is 4.88 Å². The maximum atomic E-state index is 11.9. The molecule has 88 valence electrons. The second kappa shape index (κ2) is 4.55. The van der Waals surface area contributed by atoms with Crippen molar-refractivity contribution in [1.82, 2.24) is 0 Å². The predicted octanol–water partition coefficient (Wildman–Crippen LogP) is 2.83. The van der Waals surface area contributed by atoms with Gasteiger partial charge in [0.05, 0.1) is 4.88 Å². The van der Waals surface area contributed by atoms with Crippen LogP contribution >= 0.6 is 11.3 Å². The molecule has 2 aromatic heterocycles. The third-order valence-electron chi connectivity index (χ3n) is 2.27. The number of thiophene rings is 1. The number of carboxylic acid groups (broad SMARTS) is 1. The van der Waals surface area contributed by atoms with Crippen LogP contribution in [0.5, 0.6) is 0 Å². The van der Waals surface area contributed by atoms with E-state index in [1.165, 1.54) is 23.5 Å². The van der Waals surface area contributed by atoms with Crippen LogP contribution in [0.3, 0.4) is 0 Å². The highest BCUT2D eigenvalue weighted by atomic mass is 32.1. The van der Waals surface area contributed by atoms with Crippen molar-refractivity contribution in [1.29, 1.82) is 0 Å². The second-order valence-corrected chi connectivity index (χ2v) is 4.59. The Morgan fingerprint density at radius 3 is 2.47 bits per heavy atom. The third-order valence-corrected chi connectivity index (χ3v) is 3.50. The molecule has 0 unspecified atom stereocenters. The van der Waals surface area contributed by atoms with E-state index >= 15 is 0 Å². The highest BCUT2D eigenvalue weighted by Crippen LogP contribution is 2.21. The molecular weight excluding hydrogens is 240 g/mol. The van der Waals surface area contributed by atoms with Crippen molar-refractivity contribution in [3.63, 3.8) is 0 Å². The zero-order chi connectivity index (χ0) is 12.4. The van der Waals surface area contributed by atoms with E-state index < -0.39 is 5.97 Å². The van der Waals surface area contributed by atoms with Crippen LogP contribution in [0.25, 0.3) is 0 Å². The molecule has 0 amide bonds. The second-order valence-electron chi connectivity index (χ2n) is 3.42. The van der Waals surface area contributed by atoms with Gasteiger partial charge in [-0.15, -0.1) is 11.3 Å². The van der Waals surface area contributed by atoms with E-state index in [-0.39, 0.29) is 17.3 Å². The molecule has 0 atom stereocenters. The Morgan fingerprint density at radius 2 is 1.94 bits per heavy atom. The Hall–Kier alpha value is -1.88. The van der Waals surface area contributed by atoms with Crippen molar-refractivity contribution >= 4 is 23.1 Å². The lowest BCUT2D eigenvalue weighted by molar-refractivity contribution is 0.0660. The van der Waals surface area contributed by atoms with Gasteiger partial charge in [0.2, 0.25) is 11.5 Å². The van der Waals surface area contributed by atoms with Gasteiger partial charge in [-0.3, -0.25) is 4.79 Å². The number of furan rings is 1. The fraction of sp³-hybridized carbons (Fsp3) is 0.167. The molecule has 2 aromatic rings. The van der Waals surface area contributed by atoms with Crippen molar-refractivity contribution < 1.29 is 19.1 Å². The minimum Gasteiger partial charge on any atom is -0.475 e. The largest absolute Gasteiger partial charge is 0.475 e. The summed E-state index contributed by atoms with van der Waals surface area (Å²) in [4.78, 5) is 24.2. The van der Waals surface area contributed by atoms with Gasteiger partial charge in [0.15, 0.2) is 5.76 Å². The number of ketones is 1. The monoisotopic (exact) mass is 250 g/mol. The summed E-state index contributed by atoms with van der Waals surface area (Å²) in [6.07, 6.45) is 0.872. The van der Waals surface area contributed by atoms with Crippen LogP contribution in [-0.4, -0.2) is 16.9 Å². The Morgan fingerprint density at radius 1 is 1.24 bits per heavy atom. The highest BCUT2D eigenvalue weighted by molar-refractivity contribution is 7.14. The lowest BCUT2D eigenvalue weighted by Crippen LogP contribution is -1.97. The molecule has 1 N–H and O–H groups in total. The van der Waals surface area contributed by atoms with Gasteiger partial charge in [-0.2, -0.15) is 0 Å². The van der Waals surface area contributed by atoms with Crippen LogP contribution in [0, 0.1) is 0 Å². The maximum absolute atomic E-state index is 11.9. The fourth-order valence-electron chi connectivity index (χ4n) is 1.39. The standard InChI is InChI=1S/C12H10O4S/c1-2-7-3-6-10(17-7)11(13)8-4-5-9(16-8)12(14)15/h3-6H,2H2,1H3,(H,14,15). The van der Waals surface area contributed by atoms with Crippen LogP contribution in [-0.2, 0) is 6.42 Å². The number of rotatable bonds is 4. The average Bonchev–Trinajstić information content (AvgIpc) is 2.97. The van der Waals surface area contributed by atoms with Crippen LogP contribution in [0.2, 0.25) is 0 Å². The summed E-state index contributed by atoms with van der Waals surface area (Å²) in [5.74, 6) is -1.61. The molecule has 4 nitrogen and oxygen atoms in total. The van der Waals surface area contributed by atoms with E-state index in [1.54, 1.807) is 6.07 Å². The molecule has 2 rings (SSSR count). The Bertz CT molecular complexity index is 565. The van der Waals surface area contributed by atoms with Gasteiger partial charge in [-0.25, -0.2) is 4.79 Å². The first-order valence-corrected chi connectivity index (χ1v) is 5.90. The maximum Gasteiger partial charge on any atom is 0.371 e. The predicted molar refractivity (Wildman–Crippen MR) is 62.8 cm³/mol. The number of aromatic carboxylic acids is 1. The highest BCUT2D eigenvalue weighted by Gasteiger charge is 2.17. The minimum absolute atomic E-state index is 0.0619. The zero-order valence-electron chi connectivity index (χ0n) is 9.10. The Balaban J connectivity index is 2.27. The van der Waals surface area contributed by atoms with Crippen LogP contribution < -0.4 is 0 Å². The van der Waals surface area contributed by atoms with Crippen LogP contribution in [0.1, 0.15) is 37.8 Å². The lowest BCUT2D eigenvalue weighted by atomic mass is 10.2. The summed E-state index contributed by atoms with van der Waals surface area (Å²) in [5.41, 5.74) is 0. The zero-order valence-corrected chi connectivity index (χ0v) is 9.91. The molecule has 0 aromatic carbocycles. The van der Waals surface area contributed by atoms with Gasteiger partial charge >= 0.3 is 5.97 Å². The molecule has 0 saturated heterocycles. The summed E-state index contributed by atoms with van der Waals surface area (Å²) in [6.45, 7) is 2.01. The van der Waals surface area contributed by atoms with Gasteiger partial charge < -0.3 is 9.52 Å². The molecule has 0 bridgehead atoms. The molecule has 0 fully saturated rings. The van der Waals surface area contributed by atoms with Crippen molar-refractivity contribution in [3.8, 4) is 0 Å². The van der Waals surface area contributed by atoms with Crippen molar-refractivity contribution in [2.24, 2.45) is 0 Å². The SMILES string of the molecule is CCc1ccc(C(=O)c2ccc(C(=O)O)o2)s1. The molecule has 0 spiro atoms. The number of hydrogen-bond acceptors (Lipinski definition) is 4. The molecule has 2 heterocycles. The topological polar surface area (TPSA) is 67.5 Å². The lowest BCUT2D eigenvalue weighted by Gasteiger charge is -1.92. The van der Waals surface area contributed by atoms with Gasteiger partial charge in [0.25, 0.3) is 0 Å². The first-order valence-electron chi connectivity index (χ1n) is 5.08. The third kappa shape index (κ3) is 2.29. The molecule has 0 radical (unpaired) electrons. The summed E-state index contributed by atoms with van der Waals surface area (Å²) < 4.78 is 4.96. The number of hydrogen-bond donors (Lipinski definition) is 1. The average molecular weight is 250 g/mol. The first kappa shape index (κ1) is 11.6. The number of carbonyl (C=O) groups excluding carboxylic acids is 1. The van der Waals surface area contributed by atoms with Crippen LogP contribution in [0.4, 0.5) is 0 Å². The molecule has 0 saturated carbocycles. The first-order chi connectivity index (χ1) is 8.11. The fourth-order valence-corrected chi connectivity index (χ4v) is 2.28. The summed E-state index contributed by atoms with van der Waals surface area (Å²) in [6, 6.07) is 6.29. The molecule has 0 aliphatic heterocycles. The van der Waals surface area contributed by atoms with E-state index in [0.717, 1.165) is 11.3 Å². The Labute approximate surface area is 102 Å².